The van der Waals surface area contributed by atoms with E-state index in [-0.39, 0.29) is 16.3 Å². The van der Waals surface area contributed by atoms with Gasteiger partial charge in [0.1, 0.15) is 5.56 Å². The van der Waals surface area contributed by atoms with E-state index >= 15 is 0 Å². The average molecular weight is 286 g/mol. The van der Waals surface area contributed by atoms with Crippen molar-refractivity contribution >= 4 is 23.3 Å². The third-order valence-corrected chi connectivity index (χ3v) is 2.28. The molecule has 1 aromatic carbocycles. The van der Waals surface area contributed by atoms with Gasteiger partial charge in [-0.3, -0.25) is 0 Å². The summed E-state index contributed by atoms with van der Waals surface area (Å²) in [6.45, 7) is -1.74. The summed E-state index contributed by atoms with van der Waals surface area (Å²) in [6.07, 6.45) is -3.92. The minimum absolute atomic E-state index is 0.0899. The zero-order valence-electron chi connectivity index (χ0n) is 8.80. The fourth-order valence-corrected chi connectivity index (χ4v) is 1.31. The maximum absolute atomic E-state index is 12.5. The Labute approximate surface area is 104 Å². The second-order valence-corrected chi connectivity index (χ2v) is 3.75. The molecule has 0 unspecified atom stereocenters. The second kappa shape index (κ2) is 5.43. The lowest BCUT2D eigenvalue weighted by Gasteiger charge is -2.15. The van der Waals surface area contributed by atoms with Crippen molar-refractivity contribution in [2.45, 2.75) is 12.3 Å². The quantitative estimate of drug-likeness (QED) is 0.526. The van der Waals surface area contributed by atoms with Crippen molar-refractivity contribution in [3.05, 3.63) is 28.8 Å². The summed E-state index contributed by atoms with van der Waals surface area (Å²) in [5.41, 5.74) is 4.98. The third kappa shape index (κ3) is 3.25. The zero-order valence-corrected chi connectivity index (χ0v) is 9.56. The SMILES string of the molecule is Nc1cccc(Cl)c1C(=O)OCC(F)(F)C(F)F. The van der Waals surface area contributed by atoms with Crippen LogP contribution in [0, 0.1) is 0 Å². The van der Waals surface area contributed by atoms with E-state index in [1.165, 1.54) is 18.2 Å². The number of anilines is 1. The summed E-state index contributed by atoms with van der Waals surface area (Å²) >= 11 is 5.62. The van der Waals surface area contributed by atoms with E-state index in [0.717, 1.165) is 0 Å². The summed E-state index contributed by atoms with van der Waals surface area (Å²) in [6, 6.07) is 4.02. The molecule has 2 N–H and O–H groups in total. The maximum atomic E-state index is 12.5. The molecule has 0 atom stereocenters. The first-order valence-electron chi connectivity index (χ1n) is 4.63. The van der Waals surface area contributed by atoms with E-state index in [2.05, 4.69) is 4.74 Å². The maximum Gasteiger partial charge on any atom is 0.341 e. The highest BCUT2D eigenvalue weighted by Gasteiger charge is 2.42. The summed E-state index contributed by atoms with van der Waals surface area (Å²) in [5.74, 6) is -5.69. The highest BCUT2D eigenvalue weighted by molar-refractivity contribution is 6.34. The Bertz CT molecular complexity index is 433. The van der Waals surface area contributed by atoms with Crippen LogP contribution in [0.4, 0.5) is 23.2 Å². The molecule has 0 heterocycles. The van der Waals surface area contributed by atoms with Gasteiger partial charge >= 0.3 is 18.3 Å². The Balaban J connectivity index is 2.79. The molecule has 0 saturated carbocycles. The van der Waals surface area contributed by atoms with Gasteiger partial charge < -0.3 is 10.5 Å². The number of hydrogen-bond acceptors (Lipinski definition) is 3. The Morgan fingerprint density at radius 2 is 2.06 bits per heavy atom. The molecular formula is C10H8ClF4NO2. The monoisotopic (exact) mass is 285 g/mol. The van der Waals surface area contributed by atoms with Crippen LogP contribution in [0.15, 0.2) is 18.2 Å². The van der Waals surface area contributed by atoms with Crippen molar-refractivity contribution in [3.63, 3.8) is 0 Å². The van der Waals surface area contributed by atoms with Gasteiger partial charge in [0.2, 0.25) is 0 Å². The van der Waals surface area contributed by atoms with Crippen molar-refractivity contribution in [2.75, 3.05) is 12.3 Å². The molecule has 0 aliphatic carbocycles. The molecule has 0 spiro atoms. The number of nitrogens with two attached hydrogens (primary N) is 1. The van der Waals surface area contributed by atoms with Crippen LogP contribution in [0.25, 0.3) is 0 Å². The Morgan fingerprint density at radius 1 is 1.44 bits per heavy atom. The van der Waals surface area contributed by atoms with Gasteiger partial charge in [0.15, 0.2) is 6.61 Å². The van der Waals surface area contributed by atoms with Gasteiger partial charge in [0, 0.05) is 5.69 Å². The second-order valence-electron chi connectivity index (χ2n) is 3.34. The van der Waals surface area contributed by atoms with Crippen LogP contribution < -0.4 is 5.73 Å². The number of alkyl halides is 4. The van der Waals surface area contributed by atoms with E-state index in [4.69, 9.17) is 17.3 Å². The van der Waals surface area contributed by atoms with E-state index in [1.54, 1.807) is 0 Å². The number of halogens is 5. The molecular weight excluding hydrogens is 278 g/mol. The first-order chi connectivity index (χ1) is 8.25. The molecule has 18 heavy (non-hydrogen) atoms. The lowest BCUT2D eigenvalue weighted by atomic mass is 10.2. The summed E-state index contributed by atoms with van der Waals surface area (Å²) < 4.78 is 52.8. The predicted molar refractivity (Wildman–Crippen MR) is 57.1 cm³/mol. The van der Waals surface area contributed by atoms with Crippen LogP contribution >= 0.6 is 11.6 Å². The molecule has 3 nitrogen and oxygen atoms in total. The predicted octanol–water partition coefficient (Wildman–Crippen LogP) is 2.98. The van der Waals surface area contributed by atoms with E-state index < -0.39 is 24.9 Å². The fourth-order valence-electron chi connectivity index (χ4n) is 1.05. The smallest absolute Gasteiger partial charge is 0.341 e. The molecule has 1 aromatic rings. The molecule has 0 aromatic heterocycles. The van der Waals surface area contributed by atoms with E-state index in [1.807, 2.05) is 0 Å². The topological polar surface area (TPSA) is 52.3 Å². The van der Waals surface area contributed by atoms with Crippen molar-refractivity contribution in [2.24, 2.45) is 0 Å². The van der Waals surface area contributed by atoms with Crippen LogP contribution in [-0.4, -0.2) is 24.9 Å². The van der Waals surface area contributed by atoms with E-state index in [0.29, 0.717) is 0 Å². The van der Waals surface area contributed by atoms with E-state index in [9.17, 15) is 22.4 Å². The molecule has 0 aliphatic heterocycles. The molecule has 0 aliphatic rings. The molecule has 0 fully saturated rings. The number of esters is 1. The minimum Gasteiger partial charge on any atom is -0.455 e. The lowest BCUT2D eigenvalue weighted by Crippen LogP contribution is -2.33. The summed E-state index contributed by atoms with van der Waals surface area (Å²) in [7, 11) is 0. The van der Waals surface area contributed by atoms with Gasteiger partial charge in [-0.2, -0.15) is 8.78 Å². The van der Waals surface area contributed by atoms with Crippen LogP contribution in [0.1, 0.15) is 10.4 Å². The lowest BCUT2D eigenvalue weighted by molar-refractivity contribution is -0.155. The fraction of sp³-hybridized carbons (Fsp3) is 0.300. The minimum atomic E-state index is -4.41. The average Bonchev–Trinajstić information content (AvgIpc) is 2.26. The number of benzene rings is 1. The normalized spacial score (nSPS) is 11.7. The third-order valence-electron chi connectivity index (χ3n) is 1.96. The molecule has 0 amide bonds. The van der Waals surface area contributed by atoms with Crippen LogP contribution in [-0.2, 0) is 4.74 Å². The zero-order chi connectivity index (χ0) is 13.9. The molecule has 8 heteroatoms. The Morgan fingerprint density at radius 3 is 2.56 bits per heavy atom. The summed E-state index contributed by atoms with van der Waals surface area (Å²) in [4.78, 5) is 11.4. The van der Waals surface area contributed by atoms with Crippen LogP contribution in [0.5, 0.6) is 0 Å². The van der Waals surface area contributed by atoms with Gasteiger partial charge in [-0.25, -0.2) is 13.6 Å². The number of carbonyl (C=O) groups is 1. The molecule has 1 rings (SSSR count). The van der Waals surface area contributed by atoms with Crippen molar-refractivity contribution in [3.8, 4) is 0 Å². The van der Waals surface area contributed by atoms with Gasteiger partial charge in [0.05, 0.1) is 5.02 Å². The molecule has 100 valence electrons. The Kier molecular flexibility index (Phi) is 4.39. The van der Waals surface area contributed by atoms with Gasteiger partial charge in [-0.1, -0.05) is 17.7 Å². The first kappa shape index (κ1) is 14.6. The highest BCUT2D eigenvalue weighted by Crippen LogP contribution is 2.26. The number of carbonyl (C=O) groups excluding carboxylic acids is 1. The molecule has 0 radical (unpaired) electrons. The van der Waals surface area contributed by atoms with Gasteiger partial charge in [-0.05, 0) is 12.1 Å². The Hall–Kier alpha value is -1.50. The van der Waals surface area contributed by atoms with Crippen molar-refractivity contribution in [1.29, 1.82) is 0 Å². The molecule has 0 bridgehead atoms. The van der Waals surface area contributed by atoms with Crippen LogP contribution in [0.2, 0.25) is 5.02 Å². The molecule has 0 saturated heterocycles. The standard InChI is InChI=1S/C10H8ClF4NO2/c11-5-2-1-3-6(16)7(5)8(17)18-4-10(14,15)9(12)13/h1-3,9H,4,16H2. The van der Waals surface area contributed by atoms with Crippen molar-refractivity contribution < 1.29 is 27.1 Å². The van der Waals surface area contributed by atoms with Crippen molar-refractivity contribution in [1.82, 2.24) is 0 Å². The first-order valence-corrected chi connectivity index (χ1v) is 5.00. The summed E-state index contributed by atoms with van der Waals surface area (Å²) in [5, 5.41) is -0.111. The van der Waals surface area contributed by atoms with Gasteiger partial charge in [-0.15, -0.1) is 0 Å². The number of hydrogen-bond donors (Lipinski definition) is 1. The highest BCUT2D eigenvalue weighted by atomic mass is 35.5. The van der Waals surface area contributed by atoms with Crippen LogP contribution in [0.3, 0.4) is 0 Å². The largest absolute Gasteiger partial charge is 0.455 e. The number of nitrogen functional groups attached to an aromatic ring is 1. The number of rotatable bonds is 4. The van der Waals surface area contributed by atoms with Gasteiger partial charge in [0.25, 0.3) is 0 Å². The number of ether oxygens (including phenoxy) is 1.